The Labute approximate surface area is 127 Å². The minimum absolute atomic E-state index is 0.117. The summed E-state index contributed by atoms with van der Waals surface area (Å²) >= 11 is 1.35. The molecule has 3 N–H and O–H groups in total. The van der Waals surface area contributed by atoms with Crippen molar-refractivity contribution in [3.05, 3.63) is 27.6 Å². The Balaban J connectivity index is 2.15. The zero-order valence-corrected chi connectivity index (χ0v) is 13.2. The molecule has 7 heteroatoms. The second-order valence-corrected chi connectivity index (χ2v) is 6.17. The topological polar surface area (TPSA) is 92.1 Å². The summed E-state index contributed by atoms with van der Waals surface area (Å²) < 4.78 is 0.601. The normalized spacial score (nSPS) is 14.1. The fraction of sp³-hybridized carbons (Fsp3) is 0.500. The molecule has 0 fully saturated rings. The molecule has 0 aliphatic rings. The Hall–Kier alpha value is -1.73. The summed E-state index contributed by atoms with van der Waals surface area (Å²) in [6, 6.07) is 1.27. The number of aromatic nitrogens is 2. The van der Waals surface area contributed by atoms with E-state index in [4.69, 9.17) is 5.73 Å². The number of aromatic amines is 1. The third kappa shape index (κ3) is 3.30. The van der Waals surface area contributed by atoms with Gasteiger partial charge < -0.3 is 15.6 Å². The predicted molar refractivity (Wildman–Crippen MR) is 84.1 cm³/mol. The minimum atomic E-state index is -0.531. The molecule has 2 heterocycles. The number of thiophene rings is 1. The maximum absolute atomic E-state index is 12.2. The van der Waals surface area contributed by atoms with Gasteiger partial charge in [-0.15, -0.1) is 11.3 Å². The lowest BCUT2D eigenvalue weighted by molar-refractivity contribution is -0.133. The Kier molecular flexibility index (Phi) is 4.74. The van der Waals surface area contributed by atoms with E-state index in [9.17, 15) is 9.59 Å². The van der Waals surface area contributed by atoms with E-state index in [1.807, 2.05) is 19.2 Å². The lowest BCUT2D eigenvalue weighted by Crippen LogP contribution is -2.45. The first-order chi connectivity index (χ1) is 9.93. The average Bonchev–Trinajstić information content (AvgIpc) is 2.93. The Morgan fingerprint density at radius 3 is 2.95 bits per heavy atom. The van der Waals surface area contributed by atoms with Crippen LogP contribution in [0.3, 0.4) is 0 Å². The van der Waals surface area contributed by atoms with Crippen LogP contribution in [0.2, 0.25) is 0 Å². The van der Waals surface area contributed by atoms with Crippen LogP contribution in [0.25, 0.3) is 10.2 Å². The molecule has 2 aromatic rings. The first kappa shape index (κ1) is 15.7. The van der Waals surface area contributed by atoms with E-state index in [2.05, 4.69) is 9.97 Å². The summed E-state index contributed by atoms with van der Waals surface area (Å²) in [5, 5.41) is 1.82. The molecule has 21 heavy (non-hydrogen) atoms. The summed E-state index contributed by atoms with van der Waals surface area (Å²) in [5.74, 6) is 0.446. The van der Waals surface area contributed by atoms with Crippen LogP contribution in [0.15, 0.2) is 16.2 Å². The lowest BCUT2D eigenvalue weighted by Gasteiger charge is -2.24. The Morgan fingerprint density at radius 2 is 2.29 bits per heavy atom. The van der Waals surface area contributed by atoms with Gasteiger partial charge in [-0.1, -0.05) is 20.3 Å². The summed E-state index contributed by atoms with van der Waals surface area (Å²) in [7, 11) is 1.67. The predicted octanol–water partition coefficient (Wildman–Crippen LogP) is 1.32. The Bertz CT molecular complexity index is 694. The van der Waals surface area contributed by atoms with Crippen molar-refractivity contribution in [3.63, 3.8) is 0 Å². The SMILES string of the molecule is CCC(C)C(N)C(=O)N(C)Cc1nc2ccsc2c(=O)[nH]1. The van der Waals surface area contributed by atoms with E-state index in [-0.39, 0.29) is 23.9 Å². The summed E-state index contributed by atoms with van der Waals surface area (Å²) in [6.07, 6.45) is 0.844. The van der Waals surface area contributed by atoms with Crippen molar-refractivity contribution >= 4 is 27.5 Å². The van der Waals surface area contributed by atoms with Crippen molar-refractivity contribution in [2.24, 2.45) is 11.7 Å². The molecule has 0 saturated heterocycles. The number of hydrogen-bond donors (Lipinski definition) is 2. The molecule has 2 rings (SSSR count). The van der Waals surface area contributed by atoms with Gasteiger partial charge in [0.2, 0.25) is 5.91 Å². The number of nitrogens with one attached hydrogen (secondary N) is 1. The highest BCUT2D eigenvalue weighted by atomic mass is 32.1. The van der Waals surface area contributed by atoms with Crippen LogP contribution in [-0.2, 0) is 11.3 Å². The highest BCUT2D eigenvalue weighted by Crippen LogP contribution is 2.14. The van der Waals surface area contributed by atoms with Crippen LogP contribution in [0.4, 0.5) is 0 Å². The van der Waals surface area contributed by atoms with Crippen molar-refractivity contribution in [3.8, 4) is 0 Å². The molecule has 0 aliphatic heterocycles. The van der Waals surface area contributed by atoms with Gasteiger partial charge in [-0.05, 0) is 17.4 Å². The van der Waals surface area contributed by atoms with E-state index < -0.39 is 6.04 Å². The molecule has 2 unspecified atom stereocenters. The van der Waals surface area contributed by atoms with E-state index in [0.29, 0.717) is 16.0 Å². The maximum Gasteiger partial charge on any atom is 0.268 e. The van der Waals surface area contributed by atoms with Gasteiger partial charge in [0.25, 0.3) is 5.56 Å². The van der Waals surface area contributed by atoms with Crippen LogP contribution in [0.5, 0.6) is 0 Å². The van der Waals surface area contributed by atoms with Gasteiger partial charge in [0.15, 0.2) is 0 Å². The number of nitrogens with zero attached hydrogens (tertiary/aromatic N) is 2. The largest absolute Gasteiger partial charge is 0.337 e. The van der Waals surface area contributed by atoms with Gasteiger partial charge in [-0.25, -0.2) is 4.98 Å². The van der Waals surface area contributed by atoms with Gasteiger partial charge in [-0.3, -0.25) is 9.59 Å². The number of H-pyrrole nitrogens is 1. The molecule has 0 bridgehead atoms. The third-order valence-electron chi connectivity index (χ3n) is 3.67. The van der Waals surface area contributed by atoms with Gasteiger partial charge in [0.05, 0.1) is 18.1 Å². The van der Waals surface area contributed by atoms with E-state index in [0.717, 1.165) is 6.42 Å². The number of carbonyl (C=O) groups is 1. The molecular weight excluding hydrogens is 288 g/mol. The van der Waals surface area contributed by atoms with Gasteiger partial charge >= 0.3 is 0 Å². The quantitative estimate of drug-likeness (QED) is 0.871. The molecule has 2 atom stereocenters. The first-order valence-corrected chi connectivity index (χ1v) is 7.79. The molecule has 2 aromatic heterocycles. The molecule has 114 valence electrons. The van der Waals surface area contributed by atoms with Crippen LogP contribution in [0.1, 0.15) is 26.1 Å². The van der Waals surface area contributed by atoms with Crippen molar-refractivity contribution in [2.45, 2.75) is 32.9 Å². The van der Waals surface area contributed by atoms with Crippen LogP contribution in [0, 0.1) is 5.92 Å². The molecular formula is C14H20N4O2S. The fourth-order valence-electron chi connectivity index (χ4n) is 2.05. The van der Waals surface area contributed by atoms with Crippen LogP contribution < -0.4 is 11.3 Å². The number of likely N-dealkylation sites (N-methyl/N-ethyl adjacent to an activating group) is 1. The standard InChI is InChI=1S/C14H20N4O2S/c1-4-8(2)11(15)14(20)18(3)7-10-16-9-5-6-21-12(9)13(19)17-10/h5-6,8,11H,4,7,15H2,1-3H3,(H,16,17,19). The smallest absolute Gasteiger partial charge is 0.268 e. The highest BCUT2D eigenvalue weighted by Gasteiger charge is 2.23. The van der Waals surface area contributed by atoms with Crippen molar-refractivity contribution in [1.82, 2.24) is 14.9 Å². The number of fused-ring (bicyclic) bond motifs is 1. The number of hydrogen-bond acceptors (Lipinski definition) is 5. The number of rotatable bonds is 5. The fourth-order valence-corrected chi connectivity index (χ4v) is 2.78. The van der Waals surface area contributed by atoms with Crippen LogP contribution >= 0.6 is 11.3 Å². The van der Waals surface area contributed by atoms with Gasteiger partial charge in [0, 0.05) is 7.05 Å². The third-order valence-corrected chi connectivity index (χ3v) is 4.57. The first-order valence-electron chi connectivity index (χ1n) is 6.91. The van der Waals surface area contributed by atoms with Crippen molar-refractivity contribution < 1.29 is 4.79 Å². The summed E-state index contributed by atoms with van der Waals surface area (Å²) in [5.41, 5.74) is 6.44. The molecule has 0 saturated carbocycles. The van der Waals surface area contributed by atoms with E-state index in [1.54, 1.807) is 13.1 Å². The van der Waals surface area contributed by atoms with E-state index >= 15 is 0 Å². The second-order valence-electron chi connectivity index (χ2n) is 5.25. The summed E-state index contributed by atoms with van der Waals surface area (Å²) in [4.78, 5) is 32.7. The lowest BCUT2D eigenvalue weighted by atomic mass is 9.99. The molecule has 1 amide bonds. The molecule has 6 nitrogen and oxygen atoms in total. The molecule has 0 radical (unpaired) electrons. The maximum atomic E-state index is 12.2. The monoisotopic (exact) mass is 308 g/mol. The van der Waals surface area contributed by atoms with Crippen molar-refractivity contribution in [2.75, 3.05) is 7.05 Å². The highest BCUT2D eigenvalue weighted by molar-refractivity contribution is 7.17. The summed E-state index contributed by atoms with van der Waals surface area (Å²) in [6.45, 7) is 4.19. The average molecular weight is 308 g/mol. The van der Waals surface area contributed by atoms with Gasteiger partial charge in [0.1, 0.15) is 10.5 Å². The zero-order chi connectivity index (χ0) is 15.6. The van der Waals surface area contributed by atoms with Crippen molar-refractivity contribution in [1.29, 1.82) is 0 Å². The number of nitrogens with two attached hydrogens (primary N) is 1. The molecule has 0 aliphatic carbocycles. The molecule has 0 aromatic carbocycles. The Morgan fingerprint density at radius 1 is 1.57 bits per heavy atom. The number of amides is 1. The number of carbonyl (C=O) groups excluding carboxylic acids is 1. The van der Waals surface area contributed by atoms with Gasteiger partial charge in [-0.2, -0.15) is 0 Å². The van der Waals surface area contributed by atoms with E-state index in [1.165, 1.54) is 16.2 Å². The second kappa shape index (κ2) is 6.36. The molecule has 0 spiro atoms. The zero-order valence-electron chi connectivity index (χ0n) is 12.4. The van der Waals surface area contributed by atoms with Crippen LogP contribution in [-0.4, -0.2) is 33.9 Å². The minimum Gasteiger partial charge on any atom is -0.337 e.